The molecular weight excluding hydrogens is 213 g/mol. The van der Waals surface area contributed by atoms with Gasteiger partial charge >= 0.3 is 0 Å². The quantitative estimate of drug-likeness (QED) is 0.815. The maximum absolute atomic E-state index is 13.8. The molecule has 2 rings (SSSR count). The summed E-state index contributed by atoms with van der Waals surface area (Å²) in [5.74, 6) is -0.513. The molecule has 0 saturated carbocycles. The van der Waals surface area contributed by atoms with Gasteiger partial charge in [-0.05, 0) is 6.07 Å². The third-order valence-corrected chi connectivity index (χ3v) is 2.22. The van der Waals surface area contributed by atoms with E-state index in [0.717, 1.165) is 0 Å². The fraction of sp³-hybridized carbons (Fsp3) is 0.200. The summed E-state index contributed by atoms with van der Waals surface area (Å²) in [7, 11) is 1.37. The van der Waals surface area contributed by atoms with E-state index >= 15 is 0 Å². The second-order valence-electron chi connectivity index (χ2n) is 3.16. The van der Waals surface area contributed by atoms with Crippen LogP contribution in [-0.2, 0) is 0 Å². The molecular formula is C10H10FN3O2. The number of aromatic nitrogens is 3. The van der Waals surface area contributed by atoms with Crippen LogP contribution in [0.2, 0.25) is 0 Å². The maximum Gasteiger partial charge on any atom is 0.171 e. The van der Waals surface area contributed by atoms with E-state index in [4.69, 9.17) is 4.74 Å². The van der Waals surface area contributed by atoms with Crippen molar-refractivity contribution in [1.82, 2.24) is 15.4 Å². The predicted molar refractivity (Wildman–Crippen MR) is 53.4 cm³/mol. The highest BCUT2D eigenvalue weighted by atomic mass is 19.1. The first-order valence-corrected chi connectivity index (χ1v) is 4.60. The van der Waals surface area contributed by atoms with Crippen LogP contribution in [0.3, 0.4) is 0 Å². The number of H-pyrrole nitrogens is 1. The van der Waals surface area contributed by atoms with Crippen molar-refractivity contribution in [2.24, 2.45) is 0 Å². The molecule has 0 aliphatic rings. The lowest BCUT2D eigenvalue weighted by Crippen LogP contribution is -2.04. The van der Waals surface area contributed by atoms with Crippen LogP contribution in [0.15, 0.2) is 24.4 Å². The Morgan fingerprint density at radius 1 is 1.50 bits per heavy atom. The Morgan fingerprint density at radius 2 is 2.31 bits per heavy atom. The molecule has 1 atom stereocenters. The van der Waals surface area contributed by atoms with Gasteiger partial charge in [0.15, 0.2) is 11.6 Å². The summed E-state index contributed by atoms with van der Waals surface area (Å²) in [6, 6.07) is 4.55. The van der Waals surface area contributed by atoms with Crippen LogP contribution < -0.4 is 4.74 Å². The van der Waals surface area contributed by atoms with E-state index in [-0.39, 0.29) is 17.0 Å². The van der Waals surface area contributed by atoms with Crippen molar-refractivity contribution in [2.75, 3.05) is 7.11 Å². The van der Waals surface area contributed by atoms with Gasteiger partial charge < -0.3 is 9.84 Å². The van der Waals surface area contributed by atoms with Gasteiger partial charge in [-0.1, -0.05) is 12.1 Å². The zero-order chi connectivity index (χ0) is 11.5. The van der Waals surface area contributed by atoms with E-state index in [2.05, 4.69) is 15.4 Å². The summed E-state index contributed by atoms with van der Waals surface area (Å²) in [4.78, 5) is 0. The fourth-order valence-corrected chi connectivity index (χ4v) is 1.40. The summed E-state index contributed by atoms with van der Waals surface area (Å²) in [5.41, 5.74) is 0.361. The highest BCUT2D eigenvalue weighted by Gasteiger charge is 2.19. The first-order chi connectivity index (χ1) is 7.74. The van der Waals surface area contributed by atoms with Crippen LogP contribution in [0.25, 0.3) is 0 Å². The molecule has 0 aliphatic carbocycles. The first kappa shape index (κ1) is 10.6. The van der Waals surface area contributed by atoms with Crippen molar-refractivity contribution in [3.8, 4) is 5.75 Å². The van der Waals surface area contributed by atoms with E-state index in [1.54, 1.807) is 6.07 Å². The highest BCUT2D eigenvalue weighted by molar-refractivity contribution is 5.34. The molecule has 16 heavy (non-hydrogen) atoms. The molecule has 1 heterocycles. The molecule has 1 unspecified atom stereocenters. The number of aliphatic hydroxyl groups excluding tert-OH is 1. The lowest BCUT2D eigenvalue weighted by molar-refractivity contribution is 0.208. The van der Waals surface area contributed by atoms with Crippen LogP contribution in [0.1, 0.15) is 17.4 Å². The number of hydrogen-bond donors (Lipinski definition) is 2. The van der Waals surface area contributed by atoms with Crippen LogP contribution in [0, 0.1) is 5.82 Å². The minimum atomic E-state index is -1.16. The Morgan fingerprint density at radius 3 is 2.94 bits per heavy atom. The molecule has 2 N–H and O–H groups in total. The molecule has 2 aromatic rings. The summed E-state index contributed by atoms with van der Waals surface area (Å²) < 4.78 is 18.6. The molecule has 5 nitrogen and oxygen atoms in total. The molecule has 0 saturated heterocycles. The maximum atomic E-state index is 13.8. The number of rotatable bonds is 3. The molecule has 1 aromatic carbocycles. The number of ether oxygens (including phenoxy) is 1. The number of benzene rings is 1. The number of aromatic amines is 1. The minimum Gasteiger partial charge on any atom is -0.494 e. The average Bonchev–Trinajstić information content (AvgIpc) is 2.82. The van der Waals surface area contributed by atoms with Crippen LogP contribution in [0.4, 0.5) is 4.39 Å². The van der Waals surface area contributed by atoms with E-state index in [9.17, 15) is 9.50 Å². The predicted octanol–water partition coefficient (Wildman–Crippen LogP) is 1.03. The molecule has 6 heteroatoms. The van der Waals surface area contributed by atoms with Gasteiger partial charge in [0.1, 0.15) is 11.8 Å². The second kappa shape index (κ2) is 4.28. The standard InChI is InChI=1S/C10H10FN3O2/c1-16-8-4-2-3-6(9(8)11)10(15)7-5-12-14-13-7/h2-5,10,15H,1H3,(H,12,13,14). The third kappa shape index (κ3) is 1.74. The Bertz CT molecular complexity index is 473. The summed E-state index contributed by atoms with van der Waals surface area (Å²) in [6.45, 7) is 0. The molecule has 84 valence electrons. The van der Waals surface area contributed by atoms with Gasteiger partial charge in [-0.3, -0.25) is 0 Å². The van der Waals surface area contributed by atoms with Crippen molar-refractivity contribution >= 4 is 0 Å². The van der Waals surface area contributed by atoms with Crippen LogP contribution in [0.5, 0.6) is 5.75 Å². The molecule has 0 amide bonds. The van der Waals surface area contributed by atoms with Gasteiger partial charge in [-0.25, -0.2) is 4.39 Å². The number of halogens is 1. The Balaban J connectivity index is 2.41. The van der Waals surface area contributed by atoms with Crippen molar-refractivity contribution in [2.45, 2.75) is 6.10 Å². The summed E-state index contributed by atoms with van der Waals surface area (Å²) in [5, 5.41) is 19.5. The lowest BCUT2D eigenvalue weighted by atomic mass is 10.1. The zero-order valence-electron chi connectivity index (χ0n) is 8.51. The number of methoxy groups -OCH3 is 1. The van der Waals surface area contributed by atoms with Crippen molar-refractivity contribution < 1.29 is 14.2 Å². The Hall–Kier alpha value is -1.95. The van der Waals surface area contributed by atoms with Crippen LogP contribution >= 0.6 is 0 Å². The molecule has 1 aromatic heterocycles. The Labute approximate surface area is 90.9 Å². The fourth-order valence-electron chi connectivity index (χ4n) is 1.40. The second-order valence-corrected chi connectivity index (χ2v) is 3.16. The van der Waals surface area contributed by atoms with E-state index in [0.29, 0.717) is 0 Å². The Kier molecular flexibility index (Phi) is 2.82. The topological polar surface area (TPSA) is 71.0 Å². The van der Waals surface area contributed by atoms with Crippen molar-refractivity contribution in [1.29, 1.82) is 0 Å². The average molecular weight is 223 g/mol. The third-order valence-electron chi connectivity index (χ3n) is 2.22. The number of aliphatic hydroxyl groups is 1. The largest absolute Gasteiger partial charge is 0.494 e. The normalized spacial score (nSPS) is 12.4. The SMILES string of the molecule is COc1cccc(C(O)c2cn[nH]n2)c1F. The van der Waals surface area contributed by atoms with Crippen molar-refractivity contribution in [3.63, 3.8) is 0 Å². The molecule has 0 fully saturated rings. The van der Waals surface area contributed by atoms with Gasteiger partial charge in [0.25, 0.3) is 0 Å². The van der Waals surface area contributed by atoms with Gasteiger partial charge in [-0.2, -0.15) is 15.4 Å². The number of nitrogens with zero attached hydrogens (tertiary/aromatic N) is 2. The smallest absolute Gasteiger partial charge is 0.171 e. The van der Waals surface area contributed by atoms with E-state index in [1.165, 1.54) is 25.4 Å². The molecule has 0 radical (unpaired) electrons. The zero-order valence-corrected chi connectivity index (χ0v) is 8.51. The van der Waals surface area contributed by atoms with Gasteiger partial charge in [-0.15, -0.1) is 0 Å². The number of hydrogen-bond acceptors (Lipinski definition) is 4. The minimum absolute atomic E-state index is 0.0834. The molecule has 0 spiro atoms. The summed E-state index contributed by atoms with van der Waals surface area (Å²) in [6.07, 6.45) is 0.178. The summed E-state index contributed by atoms with van der Waals surface area (Å²) >= 11 is 0. The highest BCUT2D eigenvalue weighted by Crippen LogP contribution is 2.27. The lowest BCUT2D eigenvalue weighted by Gasteiger charge is -2.10. The monoisotopic (exact) mass is 223 g/mol. The van der Waals surface area contributed by atoms with Crippen LogP contribution in [-0.4, -0.2) is 27.6 Å². The van der Waals surface area contributed by atoms with Gasteiger partial charge in [0, 0.05) is 5.56 Å². The first-order valence-electron chi connectivity index (χ1n) is 4.60. The van der Waals surface area contributed by atoms with Gasteiger partial charge in [0.2, 0.25) is 0 Å². The van der Waals surface area contributed by atoms with Crippen molar-refractivity contribution in [3.05, 3.63) is 41.5 Å². The van der Waals surface area contributed by atoms with E-state index < -0.39 is 11.9 Å². The molecule has 0 bridgehead atoms. The number of nitrogens with one attached hydrogen (secondary N) is 1. The molecule has 0 aliphatic heterocycles. The van der Waals surface area contributed by atoms with E-state index in [1.807, 2.05) is 0 Å². The van der Waals surface area contributed by atoms with Gasteiger partial charge in [0.05, 0.1) is 13.3 Å².